The molecule has 7 rings (SSSR count). The van der Waals surface area contributed by atoms with E-state index in [4.69, 9.17) is 28.7 Å². The van der Waals surface area contributed by atoms with Gasteiger partial charge >= 0.3 is 6.03 Å². The van der Waals surface area contributed by atoms with E-state index in [-0.39, 0.29) is 79.7 Å². The Balaban J connectivity index is 0.944. The molecule has 0 aromatic heterocycles. The molecule has 4 heterocycles. The molecule has 21 nitrogen and oxygen atoms in total. The van der Waals surface area contributed by atoms with Crippen LogP contribution in [-0.2, 0) is 19.2 Å². The number of hydrogen-bond donors (Lipinski definition) is 4. The predicted molar refractivity (Wildman–Crippen MR) is 298 cm³/mol. The summed E-state index contributed by atoms with van der Waals surface area (Å²) in [6.07, 6.45) is 8.44. The molecule has 4 N–H and O–H groups in total. The van der Waals surface area contributed by atoms with E-state index in [9.17, 15) is 33.6 Å². The lowest BCUT2D eigenvalue weighted by molar-refractivity contribution is -0.132. The molecular weight excluding hydrogens is 1010 g/mol. The highest BCUT2D eigenvalue weighted by molar-refractivity contribution is 6.06. The maximum atomic E-state index is 13.9. The highest BCUT2D eigenvalue weighted by atomic mass is 16.5. The van der Waals surface area contributed by atoms with Crippen LogP contribution in [0.5, 0.6) is 28.7 Å². The molecule has 5 atom stereocenters. The largest absolute Gasteiger partial charge is 0.497 e. The summed E-state index contributed by atoms with van der Waals surface area (Å²) in [6, 6.07) is 11.9. The minimum absolute atomic E-state index is 0.0939. The van der Waals surface area contributed by atoms with E-state index in [0.717, 1.165) is 23.3 Å². The van der Waals surface area contributed by atoms with Crippen LogP contribution in [0.2, 0.25) is 0 Å². The SMILES string of the molecule is C=CNC(=O)c1cc(OC)c(OCCCOc2cc3c(cc2OC)C(=O)N2C=C(c4ccc(OC)cc4)CC2C=N3)cc1N1C(NC(=O)[C@H](C)NC(=O)[C@@H](NC(=O)CCCCCN2C(=O)CN(CCC)C2=O)C(C)C)[C@]1(C)CC. The van der Waals surface area contributed by atoms with E-state index >= 15 is 0 Å². The summed E-state index contributed by atoms with van der Waals surface area (Å²) in [5, 5.41) is 11.3. The predicted octanol–water partition coefficient (Wildman–Crippen LogP) is 6.72. The van der Waals surface area contributed by atoms with Crippen LogP contribution in [0.3, 0.4) is 0 Å². The number of urea groups is 1. The molecule has 0 spiro atoms. The Morgan fingerprint density at radius 3 is 2.18 bits per heavy atom. The monoisotopic (exact) mass is 1090 g/mol. The van der Waals surface area contributed by atoms with Crippen LogP contribution in [0, 0.1) is 5.92 Å². The molecular formula is C58H75N9O12. The first kappa shape index (κ1) is 58.6. The average molecular weight is 1090 g/mol. The third kappa shape index (κ3) is 13.3. The van der Waals surface area contributed by atoms with Crippen molar-refractivity contribution in [1.29, 1.82) is 0 Å². The summed E-state index contributed by atoms with van der Waals surface area (Å²) in [6.45, 7) is 16.0. The smallest absolute Gasteiger partial charge is 0.327 e. The molecule has 0 saturated carbocycles. The van der Waals surface area contributed by atoms with Crippen molar-refractivity contribution in [2.45, 2.75) is 123 Å². The van der Waals surface area contributed by atoms with Crippen LogP contribution in [0.15, 0.2) is 72.5 Å². The number of nitrogens with zero attached hydrogens (tertiary/aromatic N) is 5. The summed E-state index contributed by atoms with van der Waals surface area (Å²) < 4.78 is 29.2. The molecule has 3 aromatic carbocycles. The number of benzene rings is 3. The Morgan fingerprint density at radius 1 is 0.835 bits per heavy atom. The second-order valence-corrected chi connectivity index (χ2v) is 20.5. The maximum absolute atomic E-state index is 13.9. The second-order valence-electron chi connectivity index (χ2n) is 20.5. The summed E-state index contributed by atoms with van der Waals surface area (Å²) >= 11 is 0. The van der Waals surface area contributed by atoms with E-state index in [1.165, 1.54) is 30.2 Å². The quantitative estimate of drug-likeness (QED) is 0.0336. The molecule has 79 heavy (non-hydrogen) atoms. The summed E-state index contributed by atoms with van der Waals surface area (Å²) in [5.74, 6) is -0.378. The summed E-state index contributed by atoms with van der Waals surface area (Å²) in [4.78, 5) is 104. The van der Waals surface area contributed by atoms with Crippen LogP contribution >= 0.6 is 0 Å². The van der Waals surface area contributed by atoms with E-state index in [1.807, 2.05) is 56.1 Å². The van der Waals surface area contributed by atoms with Crippen LogP contribution in [0.25, 0.3) is 5.57 Å². The molecule has 8 amide bonds. The molecule has 2 saturated heterocycles. The minimum atomic E-state index is -1.00. The first-order valence-corrected chi connectivity index (χ1v) is 27.0. The number of nitrogens with one attached hydrogen (secondary N) is 4. The zero-order valence-corrected chi connectivity index (χ0v) is 46.8. The maximum Gasteiger partial charge on any atom is 0.327 e. The molecule has 0 bridgehead atoms. The van der Waals surface area contributed by atoms with Gasteiger partial charge in [-0.05, 0) is 87.1 Å². The Hall–Kier alpha value is -8.10. The van der Waals surface area contributed by atoms with Crippen molar-refractivity contribution in [2.24, 2.45) is 10.9 Å². The molecule has 2 fully saturated rings. The van der Waals surface area contributed by atoms with Gasteiger partial charge in [-0.3, -0.25) is 38.7 Å². The van der Waals surface area contributed by atoms with Gasteiger partial charge in [0.1, 0.15) is 30.5 Å². The molecule has 4 aliphatic heterocycles. The number of unbranched alkanes of at least 4 members (excludes halogenated alkanes) is 2. The van der Waals surface area contributed by atoms with Crippen molar-refractivity contribution in [3.05, 3.63) is 84.2 Å². The molecule has 3 aromatic rings. The van der Waals surface area contributed by atoms with Crippen molar-refractivity contribution in [3.8, 4) is 28.7 Å². The van der Waals surface area contributed by atoms with Gasteiger partial charge in [0.05, 0.1) is 68.6 Å². The highest BCUT2D eigenvalue weighted by Crippen LogP contribution is 2.50. The van der Waals surface area contributed by atoms with Gasteiger partial charge < -0.3 is 59.7 Å². The van der Waals surface area contributed by atoms with Crippen molar-refractivity contribution >= 4 is 64.6 Å². The second kappa shape index (κ2) is 26.0. The third-order valence-corrected chi connectivity index (χ3v) is 14.7. The third-order valence-electron chi connectivity index (χ3n) is 14.7. The number of methoxy groups -OCH3 is 3. The summed E-state index contributed by atoms with van der Waals surface area (Å²) in [5.41, 5.74) is 2.87. The van der Waals surface area contributed by atoms with Crippen molar-refractivity contribution < 1.29 is 57.2 Å². The lowest BCUT2D eigenvalue weighted by atomic mass is 10.0. The first-order valence-electron chi connectivity index (χ1n) is 27.0. The van der Waals surface area contributed by atoms with E-state index in [1.54, 1.807) is 63.3 Å². The van der Waals surface area contributed by atoms with Crippen LogP contribution in [0.1, 0.15) is 119 Å². The zero-order chi connectivity index (χ0) is 57.1. The first-order chi connectivity index (χ1) is 37.9. The summed E-state index contributed by atoms with van der Waals surface area (Å²) in [7, 11) is 4.59. The van der Waals surface area contributed by atoms with Gasteiger partial charge in [-0.1, -0.05) is 52.8 Å². The number of carbonyl (C=O) groups is 7. The van der Waals surface area contributed by atoms with Gasteiger partial charge in [0, 0.05) is 56.9 Å². The Kier molecular flexibility index (Phi) is 19.3. The number of carbonyl (C=O) groups excluding carboxylic acids is 7. The topological polar surface area (TPSA) is 239 Å². The van der Waals surface area contributed by atoms with E-state index in [0.29, 0.717) is 79.3 Å². The van der Waals surface area contributed by atoms with Crippen LogP contribution < -0.4 is 49.9 Å². The zero-order valence-electron chi connectivity index (χ0n) is 46.8. The van der Waals surface area contributed by atoms with Gasteiger partial charge in [0.25, 0.3) is 11.8 Å². The number of ether oxygens (including phenoxy) is 5. The normalized spacial score (nSPS) is 19.0. The van der Waals surface area contributed by atoms with E-state index < -0.39 is 41.5 Å². The number of anilines is 1. The minimum Gasteiger partial charge on any atom is -0.497 e. The number of amides is 8. The van der Waals surface area contributed by atoms with Crippen LogP contribution in [-0.4, -0.2) is 146 Å². The van der Waals surface area contributed by atoms with Crippen molar-refractivity contribution in [3.63, 3.8) is 0 Å². The fourth-order valence-electron chi connectivity index (χ4n) is 10.00. The number of imide groups is 1. The van der Waals surface area contributed by atoms with Crippen molar-refractivity contribution in [2.75, 3.05) is 59.1 Å². The molecule has 21 heteroatoms. The average Bonchev–Trinajstić information content (AvgIpc) is 3.62. The Bertz CT molecular complexity index is 2850. The Labute approximate surface area is 462 Å². The van der Waals surface area contributed by atoms with Crippen molar-refractivity contribution in [1.82, 2.24) is 36.0 Å². The van der Waals surface area contributed by atoms with Crippen LogP contribution in [0.4, 0.5) is 16.2 Å². The molecule has 4 aliphatic rings. The Morgan fingerprint density at radius 2 is 1.53 bits per heavy atom. The fourth-order valence-corrected chi connectivity index (χ4v) is 10.00. The highest BCUT2D eigenvalue weighted by Gasteiger charge is 2.60. The molecule has 0 radical (unpaired) electrons. The number of rotatable bonds is 28. The van der Waals surface area contributed by atoms with Gasteiger partial charge in [0.2, 0.25) is 23.6 Å². The van der Waals surface area contributed by atoms with Gasteiger partial charge in [-0.25, -0.2) is 4.79 Å². The van der Waals surface area contributed by atoms with Gasteiger partial charge in [0.15, 0.2) is 23.0 Å². The number of hydrogen-bond acceptors (Lipinski definition) is 14. The molecule has 424 valence electrons. The molecule has 0 aliphatic carbocycles. The fraction of sp³-hybridized carbons (Fsp3) is 0.483. The molecule has 2 unspecified atom stereocenters. The standard InChI is InChI=1S/C58H75N9O12/c1-11-23-64-34-50(69)65(57(64)74)24-16-14-15-18-49(68)62-51(35(4)5)54(72)61-36(6)52(70)63-56-58(7,12-2)67(56)44-31-48(46(77-10)29-42(44)53(71)59-13-3)79-26-17-25-78-47-30-43-41(28-45(47)76-9)55(73)66-33-38(27-39(66)32-60-43)37-19-21-40(75-8)22-20-37/h13,19-22,28-33,35-36,39,51,56H,3,11-12,14-18,23-27,34H2,1-2,4-10H3,(H,59,71)(H,61,72)(H,62,68)(H,63,70)/t36-,39?,51-,56?,58-,67?/m0/s1. The van der Waals surface area contributed by atoms with E-state index in [2.05, 4.69) is 27.8 Å². The lowest BCUT2D eigenvalue weighted by Crippen LogP contribution is -2.55. The number of fused-ring (bicyclic) bond motifs is 2. The lowest BCUT2D eigenvalue weighted by Gasteiger charge is -2.24. The van der Waals surface area contributed by atoms with Gasteiger partial charge in [-0.2, -0.15) is 0 Å². The van der Waals surface area contributed by atoms with Gasteiger partial charge in [-0.15, -0.1) is 0 Å². The number of aliphatic imine (C=N–C) groups is 1.